The fraction of sp³-hybridized carbons (Fsp3) is 0.538. The summed E-state index contributed by atoms with van der Waals surface area (Å²) in [6.07, 6.45) is 4.22. The third-order valence-corrected chi connectivity index (χ3v) is 2.90. The van der Waals surface area contributed by atoms with Gasteiger partial charge in [-0.1, -0.05) is 20.8 Å². The lowest BCUT2D eigenvalue weighted by Crippen LogP contribution is -2.38. The molecule has 4 heteroatoms. The zero-order valence-corrected chi connectivity index (χ0v) is 10.9. The fourth-order valence-corrected chi connectivity index (χ4v) is 1.78. The van der Waals surface area contributed by atoms with E-state index in [1.807, 2.05) is 0 Å². The van der Waals surface area contributed by atoms with Crippen LogP contribution in [0.4, 0.5) is 5.69 Å². The van der Waals surface area contributed by atoms with Gasteiger partial charge in [-0.15, -0.1) is 0 Å². The molecule has 1 aromatic rings. The van der Waals surface area contributed by atoms with E-state index >= 15 is 0 Å². The highest BCUT2D eigenvalue weighted by Crippen LogP contribution is 2.14. The fourth-order valence-electron chi connectivity index (χ4n) is 1.78. The summed E-state index contributed by atoms with van der Waals surface area (Å²) < 4.78 is 0. The molecule has 1 rings (SSSR count). The van der Waals surface area contributed by atoms with Crippen molar-refractivity contribution in [3.8, 4) is 0 Å². The molecule has 0 spiro atoms. The summed E-state index contributed by atoms with van der Waals surface area (Å²) in [5, 5.41) is 6.02. The summed E-state index contributed by atoms with van der Waals surface area (Å²) in [6, 6.07) is 1.94. The number of hydrogen-bond donors (Lipinski definition) is 2. The molecule has 0 aliphatic carbocycles. The van der Waals surface area contributed by atoms with Gasteiger partial charge >= 0.3 is 0 Å². The topological polar surface area (TPSA) is 54.0 Å². The third kappa shape index (κ3) is 3.44. The Kier molecular flexibility index (Phi) is 4.94. The van der Waals surface area contributed by atoms with E-state index in [-0.39, 0.29) is 11.9 Å². The van der Waals surface area contributed by atoms with Crippen LogP contribution in [0.2, 0.25) is 0 Å². The Morgan fingerprint density at radius 3 is 2.71 bits per heavy atom. The standard InChI is InChI=1S/C13H21N3O/c1-5-11(9(2)3)16-13(17)10-6-7-15-8-12(10)14-4/h6-9,11,14H,5H2,1-4H3,(H,16,17). The van der Waals surface area contributed by atoms with E-state index in [9.17, 15) is 4.79 Å². The van der Waals surface area contributed by atoms with Gasteiger partial charge in [0.1, 0.15) is 0 Å². The summed E-state index contributed by atoms with van der Waals surface area (Å²) in [4.78, 5) is 16.1. The van der Waals surface area contributed by atoms with Crippen molar-refractivity contribution in [3.63, 3.8) is 0 Å². The van der Waals surface area contributed by atoms with E-state index in [0.717, 1.165) is 12.1 Å². The molecule has 1 unspecified atom stereocenters. The van der Waals surface area contributed by atoms with Crippen molar-refractivity contribution in [1.29, 1.82) is 0 Å². The second kappa shape index (κ2) is 6.23. The molecule has 0 bridgehead atoms. The maximum absolute atomic E-state index is 12.1. The minimum Gasteiger partial charge on any atom is -0.386 e. The minimum absolute atomic E-state index is 0.0442. The number of carbonyl (C=O) groups is 1. The lowest BCUT2D eigenvalue weighted by atomic mass is 10.0. The van der Waals surface area contributed by atoms with Crippen LogP contribution in [0.1, 0.15) is 37.6 Å². The largest absolute Gasteiger partial charge is 0.386 e. The maximum Gasteiger partial charge on any atom is 0.253 e. The van der Waals surface area contributed by atoms with E-state index < -0.39 is 0 Å². The number of nitrogens with zero attached hydrogens (tertiary/aromatic N) is 1. The van der Waals surface area contributed by atoms with E-state index in [4.69, 9.17) is 0 Å². The van der Waals surface area contributed by atoms with Crippen molar-refractivity contribution in [1.82, 2.24) is 10.3 Å². The summed E-state index contributed by atoms with van der Waals surface area (Å²) in [5.41, 5.74) is 1.39. The van der Waals surface area contributed by atoms with Crippen LogP contribution in [0.3, 0.4) is 0 Å². The molecule has 0 saturated carbocycles. The normalized spacial score (nSPS) is 12.3. The van der Waals surface area contributed by atoms with Crippen LogP contribution in [0.5, 0.6) is 0 Å². The predicted molar refractivity (Wildman–Crippen MR) is 70.2 cm³/mol. The Labute approximate surface area is 103 Å². The van der Waals surface area contributed by atoms with Gasteiger partial charge in [0.2, 0.25) is 0 Å². The van der Waals surface area contributed by atoms with Crippen LogP contribution in [-0.4, -0.2) is 24.0 Å². The van der Waals surface area contributed by atoms with Crippen LogP contribution in [-0.2, 0) is 0 Å². The number of aromatic nitrogens is 1. The molecule has 4 nitrogen and oxygen atoms in total. The van der Waals surface area contributed by atoms with E-state index in [2.05, 4.69) is 36.4 Å². The van der Waals surface area contributed by atoms with E-state index in [1.54, 1.807) is 25.5 Å². The number of amides is 1. The van der Waals surface area contributed by atoms with Gasteiger partial charge in [-0.3, -0.25) is 9.78 Å². The molecule has 0 radical (unpaired) electrons. The van der Waals surface area contributed by atoms with Crippen LogP contribution >= 0.6 is 0 Å². The molecule has 94 valence electrons. The number of anilines is 1. The number of carbonyl (C=O) groups excluding carboxylic acids is 1. The second-order valence-electron chi connectivity index (χ2n) is 4.40. The molecule has 1 amide bonds. The molecule has 1 heterocycles. The van der Waals surface area contributed by atoms with Crippen molar-refractivity contribution in [2.45, 2.75) is 33.2 Å². The van der Waals surface area contributed by atoms with Gasteiger partial charge in [0, 0.05) is 19.3 Å². The number of nitrogens with one attached hydrogen (secondary N) is 2. The first-order valence-corrected chi connectivity index (χ1v) is 6.02. The monoisotopic (exact) mass is 235 g/mol. The molecule has 0 aliphatic rings. The average Bonchev–Trinajstić information content (AvgIpc) is 2.35. The SMILES string of the molecule is CCC(NC(=O)c1ccncc1NC)C(C)C. The first-order valence-electron chi connectivity index (χ1n) is 6.02. The Hall–Kier alpha value is -1.58. The van der Waals surface area contributed by atoms with Crippen molar-refractivity contribution in [2.24, 2.45) is 5.92 Å². The zero-order chi connectivity index (χ0) is 12.8. The Morgan fingerprint density at radius 1 is 1.47 bits per heavy atom. The first-order chi connectivity index (χ1) is 8.10. The highest BCUT2D eigenvalue weighted by atomic mass is 16.1. The van der Waals surface area contributed by atoms with Gasteiger partial charge in [-0.25, -0.2) is 0 Å². The maximum atomic E-state index is 12.1. The van der Waals surface area contributed by atoms with Gasteiger partial charge in [-0.05, 0) is 18.4 Å². The molecule has 2 N–H and O–H groups in total. The lowest BCUT2D eigenvalue weighted by Gasteiger charge is -2.21. The summed E-state index contributed by atoms with van der Waals surface area (Å²) in [7, 11) is 1.79. The number of hydrogen-bond acceptors (Lipinski definition) is 3. The lowest BCUT2D eigenvalue weighted by molar-refractivity contribution is 0.0925. The molecular formula is C13H21N3O. The quantitative estimate of drug-likeness (QED) is 0.823. The van der Waals surface area contributed by atoms with Gasteiger partial charge in [0.25, 0.3) is 5.91 Å². The highest BCUT2D eigenvalue weighted by Gasteiger charge is 2.17. The zero-order valence-electron chi connectivity index (χ0n) is 10.9. The Balaban J connectivity index is 2.82. The van der Waals surface area contributed by atoms with Crippen molar-refractivity contribution >= 4 is 11.6 Å². The van der Waals surface area contributed by atoms with E-state index in [0.29, 0.717) is 11.5 Å². The summed E-state index contributed by atoms with van der Waals surface area (Å²) in [6.45, 7) is 6.30. The molecule has 1 aromatic heterocycles. The Morgan fingerprint density at radius 2 is 2.18 bits per heavy atom. The first kappa shape index (κ1) is 13.5. The molecule has 0 aromatic carbocycles. The average molecular weight is 235 g/mol. The van der Waals surface area contributed by atoms with Crippen molar-refractivity contribution in [2.75, 3.05) is 12.4 Å². The smallest absolute Gasteiger partial charge is 0.253 e. The van der Waals surface area contributed by atoms with Crippen LogP contribution < -0.4 is 10.6 Å². The highest BCUT2D eigenvalue weighted by molar-refractivity contribution is 5.99. The van der Waals surface area contributed by atoms with Gasteiger partial charge in [0.05, 0.1) is 17.4 Å². The van der Waals surface area contributed by atoms with Crippen LogP contribution in [0.25, 0.3) is 0 Å². The number of rotatable bonds is 5. The van der Waals surface area contributed by atoms with Gasteiger partial charge in [-0.2, -0.15) is 0 Å². The predicted octanol–water partition coefficient (Wildman–Crippen LogP) is 2.29. The molecule has 17 heavy (non-hydrogen) atoms. The van der Waals surface area contributed by atoms with E-state index in [1.165, 1.54) is 0 Å². The van der Waals surface area contributed by atoms with Crippen molar-refractivity contribution in [3.05, 3.63) is 24.0 Å². The Bertz CT molecular complexity index is 377. The van der Waals surface area contributed by atoms with Crippen molar-refractivity contribution < 1.29 is 4.79 Å². The van der Waals surface area contributed by atoms with Gasteiger partial charge < -0.3 is 10.6 Å². The summed E-state index contributed by atoms with van der Waals surface area (Å²) in [5.74, 6) is 0.390. The molecule has 0 aliphatic heterocycles. The molecule has 0 fully saturated rings. The van der Waals surface area contributed by atoms with Crippen LogP contribution in [0, 0.1) is 5.92 Å². The molecule has 1 atom stereocenters. The summed E-state index contributed by atoms with van der Waals surface area (Å²) >= 11 is 0. The van der Waals surface area contributed by atoms with Gasteiger partial charge in [0.15, 0.2) is 0 Å². The second-order valence-corrected chi connectivity index (χ2v) is 4.40. The molecule has 0 saturated heterocycles. The molecular weight excluding hydrogens is 214 g/mol. The third-order valence-electron chi connectivity index (χ3n) is 2.90. The van der Waals surface area contributed by atoms with Crippen LogP contribution in [0.15, 0.2) is 18.5 Å². The number of pyridine rings is 1. The minimum atomic E-state index is -0.0442.